The van der Waals surface area contributed by atoms with Crippen LogP contribution in [0.4, 0.5) is 0 Å². The van der Waals surface area contributed by atoms with Crippen LogP contribution in [0, 0.1) is 0 Å². The van der Waals surface area contributed by atoms with Crippen molar-refractivity contribution in [1.29, 1.82) is 0 Å². The average molecular weight is 273 g/mol. The van der Waals surface area contributed by atoms with Gasteiger partial charge in [0.2, 0.25) is 5.76 Å². The molecule has 20 heavy (non-hydrogen) atoms. The lowest BCUT2D eigenvalue weighted by Gasteiger charge is -1.96. The molecular formula is C15H15NO4. The maximum atomic E-state index is 11.1. The number of nitrogens with zero attached hydrogens (tertiary/aromatic N) is 1. The Morgan fingerprint density at radius 2 is 2.15 bits per heavy atom. The summed E-state index contributed by atoms with van der Waals surface area (Å²) in [5.41, 5.74) is 1.59. The Morgan fingerprint density at radius 3 is 2.80 bits per heavy atom. The molecule has 104 valence electrons. The smallest absolute Gasteiger partial charge is 0.373 e. The molecule has 2 unspecified atom stereocenters. The number of carboxylic acid groups (broad SMARTS) is 1. The van der Waals surface area contributed by atoms with Crippen LogP contribution >= 0.6 is 0 Å². The zero-order valence-electron chi connectivity index (χ0n) is 11.1. The van der Waals surface area contributed by atoms with Gasteiger partial charge in [-0.2, -0.15) is 0 Å². The minimum atomic E-state index is -1.10. The van der Waals surface area contributed by atoms with Gasteiger partial charge >= 0.3 is 5.97 Å². The molecular weight excluding hydrogens is 258 g/mol. The Labute approximate surface area is 116 Å². The molecule has 1 aromatic heterocycles. The minimum absolute atomic E-state index is 0.111. The Hall–Kier alpha value is -2.14. The van der Waals surface area contributed by atoms with Crippen molar-refractivity contribution in [2.45, 2.75) is 24.9 Å². The van der Waals surface area contributed by atoms with E-state index in [0.29, 0.717) is 17.5 Å². The summed E-state index contributed by atoms with van der Waals surface area (Å²) >= 11 is 0. The van der Waals surface area contributed by atoms with Crippen molar-refractivity contribution in [3.05, 3.63) is 53.2 Å². The van der Waals surface area contributed by atoms with E-state index in [1.165, 1.54) is 12.7 Å². The number of aromatic carboxylic acids is 1. The van der Waals surface area contributed by atoms with Gasteiger partial charge in [-0.3, -0.25) is 0 Å². The molecule has 1 aromatic carbocycles. The number of aromatic nitrogens is 1. The molecule has 1 heterocycles. The Bertz CT molecular complexity index is 620. The number of methoxy groups -OCH3 is 1. The van der Waals surface area contributed by atoms with Crippen LogP contribution < -0.4 is 0 Å². The molecule has 5 nitrogen and oxygen atoms in total. The first-order valence-electron chi connectivity index (χ1n) is 6.47. The van der Waals surface area contributed by atoms with Crippen molar-refractivity contribution in [2.75, 3.05) is 7.11 Å². The van der Waals surface area contributed by atoms with Crippen LogP contribution in [0.5, 0.6) is 0 Å². The van der Waals surface area contributed by atoms with Crippen LogP contribution in [0.3, 0.4) is 0 Å². The average Bonchev–Trinajstić information content (AvgIpc) is 3.14. The van der Waals surface area contributed by atoms with Crippen molar-refractivity contribution in [3.63, 3.8) is 0 Å². The lowest BCUT2D eigenvalue weighted by molar-refractivity contribution is 0.0653. The summed E-state index contributed by atoms with van der Waals surface area (Å²) in [7, 11) is 1.50. The molecule has 0 saturated heterocycles. The SMILES string of the molecule is COCc1nc(C2CC2c2ccccc2)oc1C(=O)O. The topological polar surface area (TPSA) is 72.6 Å². The number of carbonyl (C=O) groups is 1. The molecule has 0 spiro atoms. The van der Waals surface area contributed by atoms with Crippen molar-refractivity contribution in [1.82, 2.24) is 4.98 Å². The molecule has 2 aromatic rings. The van der Waals surface area contributed by atoms with Crippen molar-refractivity contribution >= 4 is 5.97 Å². The molecule has 1 saturated carbocycles. The fourth-order valence-electron chi connectivity index (χ4n) is 2.47. The van der Waals surface area contributed by atoms with Crippen LogP contribution in [-0.4, -0.2) is 23.2 Å². The monoisotopic (exact) mass is 273 g/mol. The second kappa shape index (κ2) is 5.09. The van der Waals surface area contributed by atoms with E-state index in [1.54, 1.807) is 0 Å². The Kier molecular flexibility index (Phi) is 3.28. The molecule has 1 fully saturated rings. The van der Waals surface area contributed by atoms with Gasteiger partial charge < -0.3 is 14.3 Å². The van der Waals surface area contributed by atoms with Crippen LogP contribution in [0.1, 0.15) is 46.0 Å². The largest absolute Gasteiger partial charge is 0.475 e. The molecule has 0 radical (unpaired) electrons. The first-order valence-corrected chi connectivity index (χ1v) is 6.47. The molecule has 0 aliphatic heterocycles. The maximum absolute atomic E-state index is 11.1. The highest BCUT2D eigenvalue weighted by Crippen LogP contribution is 2.54. The van der Waals surface area contributed by atoms with Crippen LogP contribution in [0.15, 0.2) is 34.7 Å². The number of hydrogen-bond donors (Lipinski definition) is 1. The van der Waals surface area contributed by atoms with Crippen molar-refractivity contribution < 1.29 is 19.1 Å². The molecule has 1 aliphatic carbocycles. The zero-order chi connectivity index (χ0) is 14.1. The fourth-order valence-corrected chi connectivity index (χ4v) is 2.47. The summed E-state index contributed by atoms with van der Waals surface area (Å²) < 4.78 is 10.4. The first kappa shape index (κ1) is 12.9. The van der Waals surface area contributed by atoms with E-state index in [-0.39, 0.29) is 18.3 Å². The zero-order valence-corrected chi connectivity index (χ0v) is 11.1. The summed E-state index contributed by atoms with van der Waals surface area (Å²) in [6.45, 7) is 0.147. The van der Waals surface area contributed by atoms with Gasteiger partial charge in [-0.15, -0.1) is 0 Å². The summed E-state index contributed by atoms with van der Waals surface area (Å²) in [6, 6.07) is 10.1. The quantitative estimate of drug-likeness (QED) is 0.906. The number of hydrogen-bond acceptors (Lipinski definition) is 4. The van der Waals surface area contributed by atoms with E-state index >= 15 is 0 Å². The van der Waals surface area contributed by atoms with E-state index in [1.807, 2.05) is 18.2 Å². The van der Waals surface area contributed by atoms with Gasteiger partial charge in [-0.25, -0.2) is 9.78 Å². The third-order valence-corrected chi connectivity index (χ3v) is 3.52. The lowest BCUT2D eigenvalue weighted by atomic mass is 10.1. The lowest BCUT2D eigenvalue weighted by Crippen LogP contribution is -2.00. The highest BCUT2D eigenvalue weighted by atomic mass is 16.5. The number of oxazole rings is 1. The Morgan fingerprint density at radius 1 is 1.40 bits per heavy atom. The molecule has 3 rings (SSSR count). The molecule has 1 N–H and O–H groups in total. The summed E-state index contributed by atoms with van der Waals surface area (Å²) in [6.07, 6.45) is 0.940. The predicted octanol–water partition coefficient (Wildman–Crippen LogP) is 2.79. The van der Waals surface area contributed by atoms with Gasteiger partial charge in [0.1, 0.15) is 5.69 Å². The second-order valence-corrected chi connectivity index (χ2v) is 4.93. The van der Waals surface area contributed by atoms with Crippen LogP contribution in [0.2, 0.25) is 0 Å². The van der Waals surface area contributed by atoms with Gasteiger partial charge in [0, 0.05) is 13.0 Å². The molecule has 5 heteroatoms. The van der Waals surface area contributed by atoms with Gasteiger partial charge in [-0.05, 0) is 17.9 Å². The van der Waals surface area contributed by atoms with Crippen molar-refractivity contribution in [2.24, 2.45) is 0 Å². The fraction of sp³-hybridized carbons (Fsp3) is 0.333. The van der Waals surface area contributed by atoms with Crippen LogP contribution in [-0.2, 0) is 11.3 Å². The molecule has 2 atom stereocenters. The second-order valence-electron chi connectivity index (χ2n) is 4.93. The van der Waals surface area contributed by atoms with E-state index in [4.69, 9.17) is 14.3 Å². The predicted molar refractivity (Wildman–Crippen MR) is 70.7 cm³/mol. The highest BCUT2D eigenvalue weighted by Gasteiger charge is 2.43. The summed E-state index contributed by atoms with van der Waals surface area (Å²) in [5, 5.41) is 9.10. The number of rotatable bonds is 5. The third kappa shape index (κ3) is 2.32. The Balaban J connectivity index is 1.82. The third-order valence-electron chi connectivity index (χ3n) is 3.52. The minimum Gasteiger partial charge on any atom is -0.475 e. The van der Waals surface area contributed by atoms with Crippen LogP contribution in [0.25, 0.3) is 0 Å². The van der Waals surface area contributed by atoms with E-state index in [2.05, 4.69) is 17.1 Å². The van der Waals surface area contributed by atoms with E-state index in [9.17, 15) is 4.79 Å². The number of benzene rings is 1. The highest BCUT2D eigenvalue weighted by molar-refractivity contribution is 5.85. The molecule has 0 bridgehead atoms. The first-order chi connectivity index (χ1) is 9.70. The summed E-state index contributed by atoms with van der Waals surface area (Å²) in [5.74, 6) is -0.176. The van der Waals surface area contributed by atoms with Gasteiger partial charge in [0.05, 0.1) is 6.61 Å². The standard InChI is InChI=1S/C15H15NO4/c1-19-8-12-13(15(17)18)20-14(16-12)11-7-10(11)9-5-3-2-4-6-9/h2-6,10-11H,7-8H2,1H3,(H,17,18). The van der Waals surface area contributed by atoms with Gasteiger partial charge in [-0.1, -0.05) is 30.3 Å². The number of ether oxygens (including phenoxy) is 1. The normalized spacial score (nSPS) is 20.9. The number of carboxylic acids is 1. The molecule has 1 aliphatic rings. The van der Waals surface area contributed by atoms with Gasteiger partial charge in [0.25, 0.3) is 0 Å². The van der Waals surface area contributed by atoms with Crippen molar-refractivity contribution in [3.8, 4) is 0 Å². The van der Waals surface area contributed by atoms with E-state index < -0.39 is 5.97 Å². The molecule has 0 amide bonds. The summed E-state index contributed by atoms with van der Waals surface area (Å²) in [4.78, 5) is 15.4. The van der Waals surface area contributed by atoms with E-state index in [0.717, 1.165) is 6.42 Å². The van der Waals surface area contributed by atoms with Gasteiger partial charge in [0.15, 0.2) is 5.89 Å². The maximum Gasteiger partial charge on any atom is 0.373 e.